The molecule has 2 aromatic heterocycles. The summed E-state index contributed by atoms with van der Waals surface area (Å²) in [5, 5.41) is 15.5. The molecule has 2 saturated carbocycles. The molecule has 0 radical (unpaired) electrons. The van der Waals surface area contributed by atoms with Crippen molar-refractivity contribution >= 4 is 24.0 Å². The Morgan fingerprint density at radius 1 is 0.707 bits per heavy atom. The normalized spacial score (nSPS) is 23.8. The molecule has 2 aliphatic heterocycles. The van der Waals surface area contributed by atoms with Gasteiger partial charge in [-0.2, -0.15) is 5.26 Å². The Balaban J connectivity index is 0.961. The lowest BCUT2D eigenvalue weighted by Gasteiger charge is -2.31. The molecule has 15 nitrogen and oxygen atoms in total. The topological polar surface area (TPSA) is 198 Å². The minimum atomic E-state index is -0.745. The number of hydrogen-bond acceptors (Lipinski definition) is 9. The predicted octanol–water partition coefficient (Wildman–Crippen LogP) is 6.09. The number of alkyl carbamates (subject to hydrolysis) is 2. The van der Waals surface area contributed by atoms with Crippen molar-refractivity contribution in [2.75, 3.05) is 14.2 Å². The number of aromatic nitrogens is 4. The van der Waals surface area contributed by atoms with Crippen molar-refractivity contribution in [3.8, 4) is 39.7 Å². The number of H-pyrrole nitrogens is 2. The van der Waals surface area contributed by atoms with Gasteiger partial charge in [0, 0.05) is 17.6 Å². The lowest BCUT2D eigenvalue weighted by atomic mass is 10.0. The van der Waals surface area contributed by atoms with E-state index in [2.05, 4.69) is 31.7 Å². The molecule has 4 aromatic rings. The van der Waals surface area contributed by atoms with Crippen LogP contribution in [0.4, 0.5) is 9.59 Å². The van der Waals surface area contributed by atoms with Gasteiger partial charge in [-0.05, 0) is 66.0 Å². The Morgan fingerprint density at radius 3 is 1.64 bits per heavy atom. The Kier molecular flexibility index (Phi) is 10.2. The van der Waals surface area contributed by atoms with Crippen LogP contribution in [0.5, 0.6) is 0 Å². The summed E-state index contributed by atoms with van der Waals surface area (Å²) < 4.78 is 9.57. The maximum absolute atomic E-state index is 13.9. The second-order valence-electron chi connectivity index (χ2n) is 16.6. The van der Waals surface area contributed by atoms with E-state index in [1.807, 2.05) is 86.0 Å². The number of hydrogen-bond donors (Lipinski definition) is 4. The molecule has 302 valence electrons. The van der Waals surface area contributed by atoms with Crippen molar-refractivity contribution in [1.29, 1.82) is 5.26 Å². The number of methoxy groups -OCH3 is 2. The number of aromatic amines is 2. The van der Waals surface area contributed by atoms with Crippen molar-refractivity contribution in [2.45, 2.75) is 89.6 Å². The second kappa shape index (κ2) is 15.3. The molecule has 4 amide bonds. The van der Waals surface area contributed by atoms with Gasteiger partial charge in [-0.3, -0.25) is 9.59 Å². The highest BCUT2D eigenvalue weighted by Gasteiger charge is 2.57. The van der Waals surface area contributed by atoms with Crippen LogP contribution in [-0.4, -0.2) is 92.1 Å². The molecule has 4 heterocycles. The summed E-state index contributed by atoms with van der Waals surface area (Å²) in [5.74, 6) is 1.53. The summed E-state index contributed by atoms with van der Waals surface area (Å²) in [7, 11) is 2.57. The van der Waals surface area contributed by atoms with E-state index in [9.17, 15) is 24.4 Å². The van der Waals surface area contributed by atoms with Gasteiger partial charge in [0.1, 0.15) is 29.8 Å². The van der Waals surface area contributed by atoms with E-state index >= 15 is 0 Å². The number of likely N-dealkylation sites (tertiary alicyclic amines) is 2. The average Bonchev–Trinajstić information content (AvgIpc) is 3.85. The highest BCUT2D eigenvalue weighted by atomic mass is 16.5. The van der Waals surface area contributed by atoms with Crippen LogP contribution < -0.4 is 10.6 Å². The molecule has 4 fully saturated rings. The molecule has 4 N–H and O–H groups in total. The van der Waals surface area contributed by atoms with Gasteiger partial charge >= 0.3 is 12.2 Å². The number of amides is 4. The standard InChI is InChI=1S/C43H49N9O6/c1-21(2)35(49-42(55)57-5)40(53)51-31-15-27(31)17-33(51)38-45-20-30(47-38)25-11-7-23(8-12-25)24-9-13-26(14-10-24)37-29(19-44)46-39(48-37)34-18-28-16-32(28)52(34)41(54)36(22(3)4)50-43(56)58-6/h7-14,20-22,27-28,31-36H,15-18H2,1-6H3,(H,45,47)(H,46,48)(H,49,55)(H,50,56)/t27?,28?,31?,32?,33-,34-,35-,36-/m0/s1. The van der Waals surface area contributed by atoms with Gasteiger partial charge in [-0.15, -0.1) is 0 Å². The van der Waals surface area contributed by atoms with Crippen LogP contribution >= 0.6 is 0 Å². The second-order valence-corrected chi connectivity index (χ2v) is 16.6. The molecule has 8 atom stereocenters. The Labute approximate surface area is 336 Å². The maximum atomic E-state index is 13.9. The molecule has 0 spiro atoms. The molecule has 2 saturated heterocycles. The minimum absolute atomic E-state index is 0.0814. The first-order valence-electron chi connectivity index (χ1n) is 20.0. The number of nitrogens with one attached hydrogen (secondary N) is 4. The molecule has 2 aliphatic carbocycles. The molecule has 0 bridgehead atoms. The van der Waals surface area contributed by atoms with Crippen LogP contribution in [-0.2, 0) is 19.1 Å². The number of ether oxygens (including phenoxy) is 2. The van der Waals surface area contributed by atoms with Crippen molar-refractivity contribution in [3.05, 3.63) is 72.1 Å². The van der Waals surface area contributed by atoms with E-state index in [1.165, 1.54) is 14.2 Å². The first-order chi connectivity index (χ1) is 27.9. The van der Waals surface area contributed by atoms with Gasteiger partial charge in [0.25, 0.3) is 0 Å². The summed E-state index contributed by atoms with van der Waals surface area (Å²) in [4.78, 5) is 71.8. The first-order valence-corrected chi connectivity index (χ1v) is 20.0. The summed E-state index contributed by atoms with van der Waals surface area (Å²) in [5.41, 5.74) is 5.44. The maximum Gasteiger partial charge on any atom is 0.407 e. The zero-order valence-electron chi connectivity index (χ0n) is 33.5. The van der Waals surface area contributed by atoms with Crippen molar-refractivity contribution in [1.82, 2.24) is 40.4 Å². The molecule has 15 heteroatoms. The summed E-state index contributed by atoms with van der Waals surface area (Å²) in [6.45, 7) is 7.59. The van der Waals surface area contributed by atoms with Crippen LogP contribution in [0.1, 0.15) is 82.8 Å². The SMILES string of the molecule is COC(=O)N[C@H](C(=O)N1C2CC2C[C@H]1c1ncc(-c2ccc(-c3ccc(-c4[nH]c([C@@H]5CC6CC6N5C(=O)[C@@H](NC(=O)OC)C(C)C)nc4C#N)cc3)cc2)[nH]1)C(C)C. The fraction of sp³-hybridized carbons (Fsp3) is 0.465. The zero-order chi connectivity index (χ0) is 41.0. The summed E-state index contributed by atoms with van der Waals surface area (Å²) >= 11 is 0. The predicted molar refractivity (Wildman–Crippen MR) is 212 cm³/mol. The molecule has 2 aromatic carbocycles. The zero-order valence-corrected chi connectivity index (χ0v) is 33.5. The van der Waals surface area contributed by atoms with E-state index in [4.69, 9.17) is 14.5 Å². The Bertz CT molecular complexity index is 2260. The number of carbonyl (C=O) groups is 4. The highest BCUT2D eigenvalue weighted by Crippen LogP contribution is 2.54. The van der Waals surface area contributed by atoms with E-state index < -0.39 is 24.3 Å². The average molecular weight is 788 g/mol. The van der Waals surface area contributed by atoms with Crippen molar-refractivity contribution in [2.24, 2.45) is 23.7 Å². The Hall–Kier alpha value is -6.17. The van der Waals surface area contributed by atoms with Gasteiger partial charge in [0.05, 0.1) is 43.9 Å². The van der Waals surface area contributed by atoms with Gasteiger partial charge < -0.3 is 39.9 Å². The fourth-order valence-corrected chi connectivity index (χ4v) is 8.92. The third kappa shape index (κ3) is 7.16. The van der Waals surface area contributed by atoms with E-state index in [0.29, 0.717) is 23.4 Å². The van der Waals surface area contributed by atoms with Crippen LogP contribution in [0.3, 0.4) is 0 Å². The fourth-order valence-electron chi connectivity index (χ4n) is 8.92. The van der Waals surface area contributed by atoms with E-state index in [1.54, 1.807) is 6.20 Å². The molecular weight excluding hydrogens is 739 g/mol. The lowest BCUT2D eigenvalue weighted by Crippen LogP contribution is -2.52. The van der Waals surface area contributed by atoms with Gasteiger partial charge in [0.2, 0.25) is 11.8 Å². The number of piperidine rings is 2. The number of imidazole rings is 2. The van der Waals surface area contributed by atoms with E-state index in [0.717, 1.165) is 59.5 Å². The van der Waals surface area contributed by atoms with Crippen LogP contribution in [0.2, 0.25) is 0 Å². The summed E-state index contributed by atoms with van der Waals surface area (Å²) in [6.07, 6.45) is 3.96. The summed E-state index contributed by atoms with van der Waals surface area (Å²) in [6, 6.07) is 16.6. The first kappa shape index (κ1) is 38.7. The number of fused-ring (bicyclic) bond motifs is 2. The van der Waals surface area contributed by atoms with Crippen LogP contribution in [0, 0.1) is 35.0 Å². The smallest absolute Gasteiger partial charge is 0.407 e. The largest absolute Gasteiger partial charge is 0.453 e. The van der Waals surface area contributed by atoms with Gasteiger partial charge in [-0.25, -0.2) is 19.6 Å². The van der Waals surface area contributed by atoms with Crippen LogP contribution in [0.25, 0.3) is 33.6 Å². The quantitative estimate of drug-likeness (QED) is 0.139. The number of carbonyl (C=O) groups excluding carboxylic acids is 4. The number of rotatable bonds is 11. The Morgan fingerprint density at radius 2 is 1.17 bits per heavy atom. The highest BCUT2D eigenvalue weighted by molar-refractivity contribution is 5.88. The number of benzene rings is 2. The van der Waals surface area contributed by atoms with Crippen LogP contribution in [0.15, 0.2) is 54.7 Å². The minimum Gasteiger partial charge on any atom is -0.453 e. The number of nitriles is 1. The van der Waals surface area contributed by atoms with Crippen molar-refractivity contribution in [3.63, 3.8) is 0 Å². The van der Waals surface area contributed by atoms with E-state index in [-0.39, 0.29) is 53.5 Å². The van der Waals surface area contributed by atoms with Gasteiger partial charge in [0.15, 0.2) is 5.69 Å². The lowest BCUT2D eigenvalue weighted by molar-refractivity contribution is -0.137. The third-order valence-corrected chi connectivity index (χ3v) is 12.3. The molecule has 4 aliphatic rings. The molecule has 8 rings (SSSR count). The third-order valence-electron chi connectivity index (χ3n) is 12.3. The molecular formula is C43H49N9O6. The number of nitrogens with zero attached hydrogens (tertiary/aromatic N) is 5. The molecule has 4 unspecified atom stereocenters. The van der Waals surface area contributed by atoms with Crippen molar-refractivity contribution < 1.29 is 28.7 Å². The monoisotopic (exact) mass is 787 g/mol. The van der Waals surface area contributed by atoms with Gasteiger partial charge in [-0.1, -0.05) is 76.2 Å². The molecule has 58 heavy (non-hydrogen) atoms.